The molecule has 0 aliphatic heterocycles. The lowest BCUT2D eigenvalue weighted by molar-refractivity contribution is -0.139. The molecule has 1 aliphatic carbocycles. The van der Waals surface area contributed by atoms with Crippen molar-refractivity contribution < 1.29 is 19.0 Å². The van der Waals surface area contributed by atoms with Crippen LogP contribution in [-0.2, 0) is 4.79 Å². The van der Waals surface area contributed by atoms with Gasteiger partial charge in [-0.15, -0.1) is 0 Å². The van der Waals surface area contributed by atoms with Gasteiger partial charge in [0.2, 0.25) is 0 Å². The molecule has 0 radical (unpaired) electrons. The zero-order valence-electron chi connectivity index (χ0n) is 10.7. The van der Waals surface area contributed by atoms with Crippen molar-refractivity contribution in [3.05, 3.63) is 30.1 Å². The Morgan fingerprint density at radius 2 is 2.16 bits per heavy atom. The standard InChI is InChI=1S/C14H18FNO3/c15-11-4-3-5-12(10-11)19-9-8-16-13(17)14(18)6-1-2-7-14/h3-5,10,18H,1-2,6-9H2,(H,16,17). The molecular formula is C14H18FNO3. The number of nitrogens with one attached hydrogen (secondary N) is 1. The second-order valence-corrected chi connectivity index (χ2v) is 4.80. The van der Waals surface area contributed by atoms with E-state index < -0.39 is 5.60 Å². The molecule has 19 heavy (non-hydrogen) atoms. The van der Waals surface area contributed by atoms with Gasteiger partial charge >= 0.3 is 0 Å². The van der Waals surface area contributed by atoms with Crippen molar-refractivity contribution >= 4 is 5.91 Å². The summed E-state index contributed by atoms with van der Waals surface area (Å²) in [6.07, 6.45) is 2.79. The van der Waals surface area contributed by atoms with Crippen LogP contribution in [0.3, 0.4) is 0 Å². The van der Waals surface area contributed by atoms with E-state index in [0.29, 0.717) is 18.6 Å². The number of ether oxygens (including phenoxy) is 1. The highest BCUT2D eigenvalue weighted by atomic mass is 19.1. The predicted octanol–water partition coefficient (Wildman–Crippen LogP) is 1.63. The highest BCUT2D eigenvalue weighted by molar-refractivity contribution is 5.85. The Bertz CT molecular complexity index is 444. The van der Waals surface area contributed by atoms with E-state index in [9.17, 15) is 14.3 Å². The maximum atomic E-state index is 12.9. The SMILES string of the molecule is O=C(NCCOc1cccc(F)c1)C1(O)CCCC1. The van der Waals surface area contributed by atoms with E-state index in [1.807, 2.05) is 0 Å². The normalized spacial score (nSPS) is 17.2. The first kappa shape index (κ1) is 13.8. The summed E-state index contributed by atoms with van der Waals surface area (Å²) in [5, 5.41) is 12.7. The van der Waals surface area contributed by atoms with E-state index >= 15 is 0 Å². The number of halogens is 1. The summed E-state index contributed by atoms with van der Waals surface area (Å²) in [6.45, 7) is 0.531. The summed E-state index contributed by atoms with van der Waals surface area (Å²) < 4.78 is 18.2. The molecule has 2 rings (SSSR count). The number of hydrogen-bond donors (Lipinski definition) is 2. The number of aliphatic hydroxyl groups is 1. The number of carbonyl (C=O) groups excluding carboxylic acids is 1. The maximum Gasteiger partial charge on any atom is 0.252 e. The van der Waals surface area contributed by atoms with E-state index in [2.05, 4.69) is 5.32 Å². The van der Waals surface area contributed by atoms with Crippen LogP contribution in [0.4, 0.5) is 4.39 Å². The lowest BCUT2D eigenvalue weighted by Gasteiger charge is -2.20. The molecule has 0 spiro atoms. The number of rotatable bonds is 5. The summed E-state index contributed by atoms with van der Waals surface area (Å²) in [4.78, 5) is 11.8. The molecule has 0 aromatic heterocycles. The molecule has 4 nitrogen and oxygen atoms in total. The molecule has 1 aromatic rings. The molecule has 0 atom stereocenters. The van der Waals surface area contributed by atoms with Crippen molar-refractivity contribution in [3.8, 4) is 5.75 Å². The van der Waals surface area contributed by atoms with Crippen LogP contribution in [0.1, 0.15) is 25.7 Å². The average molecular weight is 267 g/mol. The molecule has 1 aliphatic rings. The van der Waals surface area contributed by atoms with E-state index in [0.717, 1.165) is 12.8 Å². The minimum absolute atomic E-state index is 0.241. The average Bonchev–Trinajstić information content (AvgIpc) is 2.83. The van der Waals surface area contributed by atoms with Gasteiger partial charge in [0.15, 0.2) is 0 Å². The first-order chi connectivity index (χ1) is 9.10. The fourth-order valence-corrected chi connectivity index (χ4v) is 2.24. The van der Waals surface area contributed by atoms with Gasteiger partial charge in [0.1, 0.15) is 23.8 Å². The van der Waals surface area contributed by atoms with Crippen molar-refractivity contribution in [2.75, 3.05) is 13.2 Å². The molecule has 104 valence electrons. The van der Waals surface area contributed by atoms with Gasteiger partial charge in [-0.3, -0.25) is 4.79 Å². The van der Waals surface area contributed by atoms with Crippen molar-refractivity contribution in [2.45, 2.75) is 31.3 Å². The third-order valence-corrected chi connectivity index (χ3v) is 3.31. The van der Waals surface area contributed by atoms with Gasteiger partial charge in [0.25, 0.3) is 5.91 Å². The van der Waals surface area contributed by atoms with Crippen molar-refractivity contribution in [2.24, 2.45) is 0 Å². The van der Waals surface area contributed by atoms with Gasteiger partial charge in [-0.2, -0.15) is 0 Å². The van der Waals surface area contributed by atoms with Gasteiger partial charge in [-0.25, -0.2) is 4.39 Å². The third-order valence-electron chi connectivity index (χ3n) is 3.31. The van der Waals surface area contributed by atoms with Gasteiger partial charge in [0.05, 0.1) is 6.54 Å². The predicted molar refractivity (Wildman–Crippen MR) is 68.3 cm³/mol. The Labute approximate surface area is 111 Å². The van der Waals surface area contributed by atoms with Crippen molar-refractivity contribution in [1.29, 1.82) is 0 Å². The Morgan fingerprint density at radius 1 is 1.42 bits per heavy atom. The summed E-state index contributed by atoms with van der Waals surface area (Å²) in [7, 11) is 0. The van der Waals surface area contributed by atoms with Gasteiger partial charge in [0, 0.05) is 6.07 Å². The summed E-state index contributed by atoms with van der Waals surface area (Å²) in [6, 6.07) is 5.83. The van der Waals surface area contributed by atoms with E-state index in [-0.39, 0.29) is 24.9 Å². The van der Waals surface area contributed by atoms with E-state index in [1.165, 1.54) is 12.1 Å². The molecule has 0 unspecified atom stereocenters. The third kappa shape index (κ3) is 3.67. The van der Waals surface area contributed by atoms with Crippen LogP contribution < -0.4 is 10.1 Å². The minimum Gasteiger partial charge on any atom is -0.492 e. The second kappa shape index (κ2) is 6.02. The summed E-state index contributed by atoms with van der Waals surface area (Å²) >= 11 is 0. The molecular weight excluding hydrogens is 249 g/mol. The maximum absolute atomic E-state index is 12.9. The number of amides is 1. The Balaban J connectivity index is 1.71. The van der Waals surface area contributed by atoms with Gasteiger partial charge in [-0.05, 0) is 37.8 Å². The zero-order chi connectivity index (χ0) is 13.7. The van der Waals surface area contributed by atoms with Crippen LogP contribution in [-0.4, -0.2) is 29.8 Å². The molecule has 2 N–H and O–H groups in total. The summed E-state index contributed by atoms with van der Waals surface area (Å²) in [5.41, 5.74) is -1.21. The van der Waals surface area contributed by atoms with Gasteiger partial charge in [-0.1, -0.05) is 6.07 Å². The number of hydrogen-bond acceptors (Lipinski definition) is 3. The van der Waals surface area contributed by atoms with E-state index in [1.54, 1.807) is 12.1 Å². The number of benzene rings is 1. The largest absolute Gasteiger partial charge is 0.492 e. The molecule has 0 heterocycles. The minimum atomic E-state index is -1.21. The Hall–Kier alpha value is -1.62. The van der Waals surface area contributed by atoms with Crippen LogP contribution in [0, 0.1) is 5.82 Å². The Morgan fingerprint density at radius 3 is 2.84 bits per heavy atom. The van der Waals surface area contributed by atoms with Crippen LogP contribution in [0.5, 0.6) is 5.75 Å². The fourth-order valence-electron chi connectivity index (χ4n) is 2.24. The van der Waals surface area contributed by atoms with Gasteiger partial charge < -0.3 is 15.2 Å². The smallest absolute Gasteiger partial charge is 0.252 e. The zero-order valence-corrected chi connectivity index (χ0v) is 10.7. The van der Waals surface area contributed by atoms with E-state index in [4.69, 9.17) is 4.74 Å². The van der Waals surface area contributed by atoms with Crippen LogP contribution in [0.15, 0.2) is 24.3 Å². The molecule has 0 saturated heterocycles. The van der Waals surface area contributed by atoms with Crippen molar-refractivity contribution in [3.63, 3.8) is 0 Å². The molecule has 1 amide bonds. The first-order valence-corrected chi connectivity index (χ1v) is 6.49. The molecule has 1 fully saturated rings. The Kier molecular flexibility index (Phi) is 4.37. The highest BCUT2D eigenvalue weighted by Crippen LogP contribution is 2.29. The second-order valence-electron chi connectivity index (χ2n) is 4.80. The first-order valence-electron chi connectivity index (χ1n) is 6.49. The lowest BCUT2D eigenvalue weighted by Crippen LogP contribution is -2.45. The summed E-state index contributed by atoms with van der Waals surface area (Å²) in [5.74, 6) is -0.275. The fraction of sp³-hybridized carbons (Fsp3) is 0.500. The monoisotopic (exact) mass is 267 g/mol. The topological polar surface area (TPSA) is 58.6 Å². The molecule has 1 saturated carbocycles. The molecule has 0 bridgehead atoms. The highest BCUT2D eigenvalue weighted by Gasteiger charge is 2.38. The van der Waals surface area contributed by atoms with Crippen LogP contribution >= 0.6 is 0 Å². The molecule has 1 aromatic carbocycles. The number of carbonyl (C=O) groups is 1. The molecule has 5 heteroatoms. The van der Waals surface area contributed by atoms with Crippen LogP contribution in [0.25, 0.3) is 0 Å². The van der Waals surface area contributed by atoms with Crippen LogP contribution in [0.2, 0.25) is 0 Å². The van der Waals surface area contributed by atoms with Crippen molar-refractivity contribution in [1.82, 2.24) is 5.32 Å². The quantitative estimate of drug-likeness (QED) is 0.797. The lowest BCUT2D eigenvalue weighted by atomic mass is 10.0.